The Morgan fingerprint density at radius 3 is 2.53 bits per heavy atom. The lowest BCUT2D eigenvalue weighted by atomic mass is 10.2. The molecular formula is C13H10BrFN2O2. The molecule has 0 fully saturated rings. The summed E-state index contributed by atoms with van der Waals surface area (Å²) >= 11 is 3.33. The Hall–Kier alpha value is -1.95. The summed E-state index contributed by atoms with van der Waals surface area (Å²) in [6, 6.07) is 11.0. The molecule has 2 aromatic rings. The molecule has 0 bridgehead atoms. The van der Waals surface area contributed by atoms with Crippen LogP contribution in [-0.2, 0) is 6.54 Å². The number of non-ortho nitro benzene ring substituents is 1. The number of anilines is 1. The summed E-state index contributed by atoms with van der Waals surface area (Å²) < 4.78 is 14.2. The fraction of sp³-hybridized carbons (Fsp3) is 0.0769. The summed E-state index contributed by atoms with van der Waals surface area (Å²) in [6.45, 7) is 0.466. The molecule has 0 amide bonds. The number of hydrogen-bond donors (Lipinski definition) is 1. The molecule has 1 N–H and O–H groups in total. The monoisotopic (exact) mass is 324 g/mol. The standard InChI is InChI=1S/C13H10BrFN2O2/c14-10-3-1-9(2-4-10)8-16-12-5-11(15)6-13(7-12)17(18)19/h1-7,16H,8H2. The molecule has 0 radical (unpaired) electrons. The molecule has 0 aliphatic carbocycles. The van der Waals surface area contributed by atoms with Crippen molar-refractivity contribution >= 4 is 27.3 Å². The van der Waals surface area contributed by atoms with E-state index in [0.717, 1.165) is 16.1 Å². The summed E-state index contributed by atoms with van der Waals surface area (Å²) in [4.78, 5) is 10.0. The topological polar surface area (TPSA) is 55.2 Å². The number of nitrogens with zero attached hydrogens (tertiary/aromatic N) is 1. The first-order chi connectivity index (χ1) is 9.04. The quantitative estimate of drug-likeness (QED) is 0.680. The second-order valence-electron chi connectivity index (χ2n) is 3.94. The minimum atomic E-state index is -0.632. The third-order valence-electron chi connectivity index (χ3n) is 2.50. The lowest BCUT2D eigenvalue weighted by molar-refractivity contribution is -0.385. The minimum Gasteiger partial charge on any atom is -0.381 e. The van der Waals surface area contributed by atoms with Gasteiger partial charge in [-0.25, -0.2) is 4.39 Å². The van der Waals surface area contributed by atoms with Gasteiger partial charge in [-0.05, 0) is 23.8 Å². The van der Waals surface area contributed by atoms with Gasteiger partial charge < -0.3 is 5.32 Å². The maximum atomic E-state index is 13.2. The first-order valence-corrected chi connectivity index (χ1v) is 6.27. The molecule has 0 atom stereocenters. The van der Waals surface area contributed by atoms with E-state index >= 15 is 0 Å². The molecule has 0 aliphatic rings. The fourth-order valence-corrected chi connectivity index (χ4v) is 1.85. The van der Waals surface area contributed by atoms with Gasteiger partial charge in [0.2, 0.25) is 0 Å². The Morgan fingerprint density at radius 2 is 1.89 bits per heavy atom. The van der Waals surface area contributed by atoms with Crippen LogP contribution in [0.2, 0.25) is 0 Å². The highest BCUT2D eigenvalue weighted by Crippen LogP contribution is 2.20. The van der Waals surface area contributed by atoms with Gasteiger partial charge in [0.05, 0.1) is 11.0 Å². The summed E-state index contributed by atoms with van der Waals surface area (Å²) in [5.74, 6) is -0.632. The van der Waals surface area contributed by atoms with Gasteiger partial charge in [-0.3, -0.25) is 10.1 Å². The maximum absolute atomic E-state index is 13.2. The fourth-order valence-electron chi connectivity index (χ4n) is 1.59. The van der Waals surface area contributed by atoms with Gasteiger partial charge >= 0.3 is 0 Å². The summed E-state index contributed by atoms with van der Waals surface area (Å²) in [5.41, 5.74) is 1.11. The Morgan fingerprint density at radius 1 is 1.21 bits per heavy atom. The van der Waals surface area contributed by atoms with Gasteiger partial charge in [-0.1, -0.05) is 28.1 Å². The zero-order chi connectivity index (χ0) is 13.8. The molecule has 0 heterocycles. The van der Waals surface area contributed by atoms with E-state index in [4.69, 9.17) is 0 Å². The summed E-state index contributed by atoms with van der Waals surface area (Å²) in [5, 5.41) is 13.6. The number of hydrogen-bond acceptors (Lipinski definition) is 3. The van der Waals surface area contributed by atoms with E-state index in [1.54, 1.807) is 0 Å². The van der Waals surface area contributed by atoms with Gasteiger partial charge in [0.15, 0.2) is 0 Å². The Bertz CT molecular complexity index is 602. The normalized spacial score (nSPS) is 10.2. The number of benzene rings is 2. The smallest absolute Gasteiger partial charge is 0.274 e. The molecule has 0 aliphatic heterocycles. The number of nitrogens with one attached hydrogen (secondary N) is 1. The molecule has 0 unspecified atom stereocenters. The second-order valence-corrected chi connectivity index (χ2v) is 4.85. The van der Waals surface area contributed by atoms with Crippen LogP contribution in [0.1, 0.15) is 5.56 Å². The number of rotatable bonds is 4. The van der Waals surface area contributed by atoms with Crippen LogP contribution in [0.4, 0.5) is 15.8 Å². The van der Waals surface area contributed by atoms with Crippen molar-refractivity contribution in [2.45, 2.75) is 6.54 Å². The van der Waals surface area contributed by atoms with Crippen molar-refractivity contribution < 1.29 is 9.31 Å². The minimum absolute atomic E-state index is 0.265. The largest absolute Gasteiger partial charge is 0.381 e. The van der Waals surface area contributed by atoms with Crippen molar-refractivity contribution in [1.82, 2.24) is 0 Å². The van der Waals surface area contributed by atoms with E-state index in [2.05, 4.69) is 21.2 Å². The summed E-state index contributed by atoms with van der Waals surface area (Å²) in [7, 11) is 0. The third kappa shape index (κ3) is 3.75. The second kappa shape index (κ2) is 5.79. The molecule has 0 spiro atoms. The number of nitro benzene ring substituents is 1. The Balaban J connectivity index is 2.11. The van der Waals surface area contributed by atoms with E-state index in [-0.39, 0.29) is 5.69 Å². The number of nitro groups is 1. The molecule has 2 aromatic carbocycles. The SMILES string of the molecule is O=[N+]([O-])c1cc(F)cc(NCc2ccc(Br)cc2)c1. The molecule has 6 heteroatoms. The van der Waals surface area contributed by atoms with Crippen molar-refractivity contribution in [2.24, 2.45) is 0 Å². The highest BCUT2D eigenvalue weighted by molar-refractivity contribution is 9.10. The molecule has 98 valence electrons. The first kappa shape index (κ1) is 13.5. The predicted molar refractivity (Wildman–Crippen MR) is 74.5 cm³/mol. The van der Waals surface area contributed by atoms with Crippen LogP contribution in [0, 0.1) is 15.9 Å². The van der Waals surface area contributed by atoms with Crippen molar-refractivity contribution in [3.63, 3.8) is 0 Å². The Kier molecular flexibility index (Phi) is 4.11. The molecule has 0 saturated carbocycles. The highest BCUT2D eigenvalue weighted by atomic mass is 79.9. The van der Waals surface area contributed by atoms with Crippen molar-refractivity contribution in [3.05, 3.63) is 68.4 Å². The highest BCUT2D eigenvalue weighted by Gasteiger charge is 2.09. The van der Waals surface area contributed by atoms with Gasteiger partial charge in [-0.15, -0.1) is 0 Å². The lowest BCUT2D eigenvalue weighted by Crippen LogP contribution is -2.00. The van der Waals surface area contributed by atoms with Gasteiger partial charge in [0.1, 0.15) is 5.82 Å². The summed E-state index contributed by atoms with van der Waals surface area (Å²) in [6.07, 6.45) is 0. The first-order valence-electron chi connectivity index (χ1n) is 5.48. The third-order valence-corrected chi connectivity index (χ3v) is 3.03. The van der Waals surface area contributed by atoms with Gasteiger partial charge in [-0.2, -0.15) is 0 Å². The molecule has 2 rings (SSSR count). The van der Waals surface area contributed by atoms with Crippen LogP contribution in [0.15, 0.2) is 46.9 Å². The van der Waals surface area contributed by atoms with E-state index in [9.17, 15) is 14.5 Å². The van der Waals surface area contributed by atoms with Crippen molar-refractivity contribution in [1.29, 1.82) is 0 Å². The van der Waals surface area contributed by atoms with Crippen LogP contribution >= 0.6 is 15.9 Å². The molecule has 0 aromatic heterocycles. The molecular weight excluding hydrogens is 315 g/mol. The van der Waals surface area contributed by atoms with E-state index in [0.29, 0.717) is 12.2 Å². The van der Waals surface area contributed by atoms with Gasteiger partial charge in [0, 0.05) is 22.8 Å². The van der Waals surface area contributed by atoms with Crippen LogP contribution in [0.5, 0.6) is 0 Å². The van der Waals surface area contributed by atoms with Gasteiger partial charge in [0.25, 0.3) is 5.69 Å². The molecule has 0 saturated heterocycles. The van der Waals surface area contributed by atoms with Crippen LogP contribution in [0.3, 0.4) is 0 Å². The number of halogens is 2. The van der Waals surface area contributed by atoms with E-state index in [1.807, 2.05) is 24.3 Å². The van der Waals surface area contributed by atoms with Crippen molar-refractivity contribution in [2.75, 3.05) is 5.32 Å². The molecule has 4 nitrogen and oxygen atoms in total. The van der Waals surface area contributed by atoms with Crippen molar-refractivity contribution in [3.8, 4) is 0 Å². The average molecular weight is 325 g/mol. The van der Waals surface area contributed by atoms with Crippen LogP contribution in [0.25, 0.3) is 0 Å². The zero-order valence-corrected chi connectivity index (χ0v) is 11.4. The lowest BCUT2D eigenvalue weighted by Gasteiger charge is -2.07. The average Bonchev–Trinajstić information content (AvgIpc) is 2.37. The van der Waals surface area contributed by atoms with Crippen LogP contribution < -0.4 is 5.32 Å². The maximum Gasteiger partial charge on any atom is 0.274 e. The Labute approximate surface area is 117 Å². The predicted octanol–water partition coefficient (Wildman–Crippen LogP) is 4.11. The van der Waals surface area contributed by atoms with E-state index < -0.39 is 10.7 Å². The zero-order valence-electron chi connectivity index (χ0n) is 9.77. The van der Waals surface area contributed by atoms with E-state index in [1.165, 1.54) is 12.1 Å². The van der Waals surface area contributed by atoms with Crippen LogP contribution in [-0.4, -0.2) is 4.92 Å². The molecule has 19 heavy (non-hydrogen) atoms.